The minimum absolute atomic E-state index is 0.973. The van der Waals surface area contributed by atoms with Gasteiger partial charge < -0.3 is 13.9 Å². The van der Waals surface area contributed by atoms with E-state index in [1.807, 2.05) is 0 Å². The molecular formula is C18H36N3+3. The number of hydrogen-bond acceptors (Lipinski definition) is 0. The van der Waals surface area contributed by atoms with Crippen molar-refractivity contribution in [1.29, 1.82) is 0 Å². The zero-order valence-corrected chi connectivity index (χ0v) is 15.7. The van der Waals surface area contributed by atoms with E-state index in [1.165, 1.54) is 27.2 Å². The van der Waals surface area contributed by atoms with Crippen molar-refractivity contribution in [3.63, 3.8) is 0 Å². The van der Waals surface area contributed by atoms with Crippen LogP contribution in [0, 0.1) is 6.92 Å². The van der Waals surface area contributed by atoms with Crippen LogP contribution in [0.5, 0.6) is 0 Å². The summed E-state index contributed by atoms with van der Waals surface area (Å²) in [7, 11) is 18.0. The Morgan fingerprint density at radius 1 is 0.810 bits per heavy atom. The Morgan fingerprint density at radius 3 is 1.71 bits per heavy atom. The Balaban J connectivity index is 3.24. The van der Waals surface area contributed by atoms with Crippen LogP contribution >= 0.6 is 0 Å². The molecule has 120 valence electrons. The van der Waals surface area contributed by atoms with Gasteiger partial charge in [-0.25, -0.2) is 0 Å². The van der Waals surface area contributed by atoms with Gasteiger partial charge in [-0.2, -0.15) is 0 Å². The summed E-state index contributed by atoms with van der Waals surface area (Å²) in [5.41, 5.74) is 5.95. The summed E-state index contributed by atoms with van der Waals surface area (Å²) in [6, 6.07) is 4.85. The van der Waals surface area contributed by atoms with Gasteiger partial charge >= 0.3 is 0 Å². The molecule has 0 heterocycles. The number of hydrogen-bond donors (Lipinski definition) is 1. The molecule has 0 saturated heterocycles. The second-order valence-corrected chi connectivity index (χ2v) is 8.82. The molecule has 1 N–H and O–H groups in total. The lowest BCUT2D eigenvalue weighted by atomic mass is 9.97. The Kier molecular flexibility index (Phi) is 5.59. The van der Waals surface area contributed by atoms with Crippen LogP contribution in [0.2, 0.25) is 0 Å². The van der Waals surface area contributed by atoms with E-state index in [1.54, 1.807) is 0 Å². The third kappa shape index (κ3) is 6.60. The summed E-state index contributed by atoms with van der Waals surface area (Å²) >= 11 is 0. The van der Waals surface area contributed by atoms with Crippen molar-refractivity contribution in [2.24, 2.45) is 0 Å². The van der Waals surface area contributed by atoms with Crippen molar-refractivity contribution in [2.45, 2.75) is 26.6 Å². The molecule has 1 aromatic rings. The number of benzene rings is 1. The SMILES string of the molecule is Cc1c(C[NH+](C)C)cc(C[N+](C)(C)C)cc1C[N+](C)(C)C. The summed E-state index contributed by atoms with van der Waals surface area (Å²) in [6.45, 7) is 5.56. The van der Waals surface area contributed by atoms with Crippen molar-refractivity contribution in [3.05, 3.63) is 34.4 Å². The predicted molar refractivity (Wildman–Crippen MR) is 91.2 cm³/mol. The fourth-order valence-electron chi connectivity index (χ4n) is 2.79. The normalized spacial score (nSPS) is 13.0. The first-order valence-electron chi connectivity index (χ1n) is 7.88. The summed E-state index contributed by atoms with van der Waals surface area (Å²) in [4.78, 5) is 1.48. The maximum atomic E-state index is 2.43. The van der Waals surface area contributed by atoms with Gasteiger partial charge in [0, 0.05) is 16.7 Å². The standard InChI is InChI=1S/C18H35N3/c1-15-17(12-19(2)3)10-16(13-20(4,5)6)11-18(15)14-21(7,8)9/h10-11H,12-14H2,1-9H3/q+2/p+1. The third-order valence-corrected chi connectivity index (χ3v) is 3.53. The van der Waals surface area contributed by atoms with Gasteiger partial charge in [0.25, 0.3) is 0 Å². The molecule has 0 bridgehead atoms. The first kappa shape index (κ1) is 18.1. The van der Waals surface area contributed by atoms with Crippen LogP contribution in [-0.2, 0) is 19.6 Å². The van der Waals surface area contributed by atoms with Gasteiger partial charge in [-0.3, -0.25) is 0 Å². The molecule has 0 aliphatic heterocycles. The van der Waals surface area contributed by atoms with Crippen molar-refractivity contribution >= 4 is 0 Å². The molecule has 0 spiro atoms. The van der Waals surface area contributed by atoms with E-state index in [0.29, 0.717) is 0 Å². The smallest absolute Gasteiger partial charge is 0.104 e. The van der Waals surface area contributed by atoms with Crippen LogP contribution in [0.1, 0.15) is 22.3 Å². The number of rotatable bonds is 6. The van der Waals surface area contributed by atoms with Crippen LogP contribution in [0.25, 0.3) is 0 Å². The maximum Gasteiger partial charge on any atom is 0.104 e. The highest BCUT2D eigenvalue weighted by molar-refractivity contribution is 5.37. The summed E-state index contributed by atoms with van der Waals surface area (Å²) < 4.78 is 1.95. The molecule has 0 aliphatic rings. The molecule has 21 heavy (non-hydrogen) atoms. The number of nitrogens with zero attached hydrogens (tertiary/aromatic N) is 2. The second kappa shape index (κ2) is 6.47. The maximum absolute atomic E-state index is 2.43. The molecule has 0 saturated carbocycles. The van der Waals surface area contributed by atoms with Crippen molar-refractivity contribution in [3.8, 4) is 0 Å². The fourth-order valence-corrected chi connectivity index (χ4v) is 2.79. The Hall–Kier alpha value is -0.900. The molecule has 3 nitrogen and oxygen atoms in total. The number of quaternary nitrogens is 3. The predicted octanol–water partition coefficient (Wildman–Crippen LogP) is 1.05. The Bertz CT molecular complexity index is 476. The molecule has 1 rings (SSSR count). The highest BCUT2D eigenvalue weighted by atomic mass is 15.3. The highest BCUT2D eigenvalue weighted by Crippen LogP contribution is 2.21. The quantitative estimate of drug-likeness (QED) is 0.748. The van der Waals surface area contributed by atoms with Gasteiger partial charge in [0.05, 0.1) is 56.4 Å². The van der Waals surface area contributed by atoms with E-state index in [0.717, 1.165) is 28.6 Å². The average Bonchev–Trinajstić information content (AvgIpc) is 2.19. The third-order valence-electron chi connectivity index (χ3n) is 3.53. The van der Waals surface area contributed by atoms with Crippen LogP contribution in [0.3, 0.4) is 0 Å². The Labute approximate surface area is 132 Å². The first-order valence-corrected chi connectivity index (χ1v) is 7.88. The van der Waals surface area contributed by atoms with Gasteiger partial charge in [0.1, 0.15) is 19.6 Å². The molecule has 0 amide bonds. The van der Waals surface area contributed by atoms with E-state index in [-0.39, 0.29) is 0 Å². The van der Waals surface area contributed by atoms with Gasteiger partial charge in [-0.15, -0.1) is 0 Å². The topological polar surface area (TPSA) is 4.44 Å². The number of nitrogens with one attached hydrogen (secondary N) is 1. The summed E-state index contributed by atoms with van der Waals surface area (Å²) in [6.07, 6.45) is 0. The fraction of sp³-hybridized carbons (Fsp3) is 0.667. The molecule has 0 aliphatic carbocycles. The van der Waals surface area contributed by atoms with Crippen LogP contribution < -0.4 is 4.90 Å². The van der Waals surface area contributed by atoms with Crippen LogP contribution in [0.4, 0.5) is 0 Å². The lowest BCUT2D eigenvalue weighted by molar-refractivity contribution is -0.884. The van der Waals surface area contributed by atoms with E-state index in [9.17, 15) is 0 Å². The average molecular weight is 295 g/mol. The lowest BCUT2D eigenvalue weighted by Crippen LogP contribution is -3.04. The molecular weight excluding hydrogens is 258 g/mol. The van der Waals surface area contributed by atoms with E-state index in [2.05, 4.69) is 75.4 Å². The van der Waals surface area contributed by atoms with Crippen LogP contribution in [0.15, 0.2) is 12.1 Å². The van der Waals surface area contributed by atoms with E-state index >= 15 is 0 Å². The molecule has 0 fully saturated rings. The second-order valence-electron chi connectivity index (χ2n) is 8.82. The van der Waals surface area contributed by atoms with Gasteiger partial charge in [-0.1, -0.05) is 0 Å². The molecule has 3 heteroatoms. The van der Waals surface area contributed by atoms with Crippen molar-refractivity contribution in [1.82, 2.24) is 0 Å². The molecule has 0 unspecified atom stereocenters. The largest absolute Gasteiger partial charge is 0.336 e. The first-order chi connectivity index (χ1) is 9.37. The monoisotopic (exact) mass is 294 g/mol. The summed E-state index contributed by atoms with van der Waals surface area (Å²) in [5, 5.41) is 0. The molecule has 0 atom stereocenters. The summed E-state index contributed by atoms with van der Waals surface area (Å²) in [5.74, 6) is 0. The molecule has 0 aromatic heterocycles. The van der Waals surface area contributed by atoms with Crippen molar-refractivity contribution in [2.75, 3.05) is 56.4 Å². The van der Waals surface area contributed by atoms with Crippen LogP contribution in [-0.4, -0.2) is 65.3 Å². The van der Waals surface area contributed by atoms with Gasteiger partial charge in [0.2, 0.25) is 0 Å². The molecule has 1 aromatic carbocycles. The zero-order chi connectivity index (χ0) is 16.4. The van der Waals surface area contributed by atoms with Gasteiger partial charge in [-0.05, 0) is 24.6 Å². The Morgan fingerprint density at radius 2 is 1.29 bits per heavy atom. The van der Waals surface area contributed by atoms with E-state index in [4.69, 9.17) is 0 Å². The minimum atomic E-state index is 0.973. The molecule has 0 radical (unpaired) electrons. The van der Waals surface area contributed by atoms with Gasteiger partial charge in [0.15, 0.2) is 0 Å². The zero-order valence-electron chi connectivity index (χ0n) is 15.7. The van der Waals surface area contributed by atoms with E-state index < -0.39 is 0 Å². The lowest BCUT2D eigenvalue weighted by Gasteiger charge is -2.28. The van der Waals surface area contributed by atoms with Crippen molar-refractivity contribution < 1.29 is 13.9 Å². The minimum Gasteiger partial charge on any atom is -0.336 e. The highest BCUT2D eigenvalue weighted by Gasteiger charge is 2.18.